The lowest BCUT2D eigenvalue weighted by Crippen LogP contribution is -2.30. The Labute approximate surface area is 182 Å². The Balaban J connectivity index is 1.54. The van der Waals surface area contributed by atoms with E-state index in [1.54, 1.807) is 29.8 Å². The van der Waals surface area contributed by atoms with Gasteiger partial charge >= 0.3 is 0 Å². The number of benzene rings is 1. The Morgan fingerprint density at radius 3 is 2.67 bits per heavy atom. The molecule has 0 spiro atoms. The van der Waals surface area contributed by atoms with Gasteiger partial charge in [0.2, 0.25) is 5.16 Å². The Morgan fingerprint density at radius 2 is 1.87 bits per heavy atom. The van der Waals surface area contributed by atoms with Gasteiger partial charge in [0.25, 0.3) is 0 Å². The van der Waals surface area contributed by atoms with E-state index in [1.807, 2.05) is 4.57 Å². The van der Waals surface area contributed by atoms with Crippen LogP contribution < -0.4 is 0 Å². The molecule has 5 rings (SSSR count). The molecule has 1 aliphatic heterocycles. The van der Waals surface area contributed by atoms with Gasteiger partial charge in [0.1, 0.15) is 22.0 Å². The summed E-state index contributed by atoms with van der Waals surface area (Å²) in [5.41, 5.74) is 0.850. The van der Waals surface area contributed by atoms with Crippen molar-refractivity contribution < 1.29 is 4.39 Å². The fraction of sp³-hybridized carbons (Fsp3) is 0.333. The molecule has 0 saturated carbocycles. The van der Waals surface area contributed by atoms with E-state index >= 15 is 0 Å². The topological polar surface area (TPSA) is 59.7 Å². The monoisotopic (exact) mass is 440 g/mol. The van der Waals surface area contributed by atoms with Crippen molar-refractivity contribution in [3.05, 3.63) is 53.2 Å². The van der Waals surface area contributed by atoms with Crippen LogP contribution in [0.15, 0.2) is 46.8 Å². The number of hydrogen-bond donors (Lipinski definition) is 0. The van der Waals surface area contributed by atoms with Crippen molar-refractivity contribution >= 4 is 33.3 Å². The highest BCUT2D eigenvalue weighted by Crippen LogP contribution is 2.35. The van der Waals surface area contributed by atoms with Crippen molar-refractivity contribution in [3.8, 4) is 5.69 Å². The van der Waals surface area contributed by atoms with Crippen LogP contribution in [-0.2, 0) is 6.54 Å². The van der Waals surface area contributed by atoms with E-state index in [0.29, 0.717) is 0 Å². The molecule has 30 heavy (non-hydrogen) atoms. The SMILES string of the molecule is Cc1cc2c(Sc3nnc(CN4CCCCC4)n3-c3ccc(F)cc3)ncnc2s1. The van der Waals surface area contributed by atoms with E-state index in [9.17, 15) is 4.39 Å². The highest BCUT2D eigenvalue weighted by molar-refractivity contribution is 7.99. The van der Waals surface area contributed by atoms with Gasteiger partial charge in [-0.15, -0.1) is 21.5 Å². The molecule has 0 N–H and O–H groups in total. The minimum atomic E-state index is -0.259. The van der Waals surface area contributed by atoms with Crippen LogP contribution in [0, 0.1) is 12.7 Å². The molecule has 4 aromatic rings. The number of piperidine rings is 1. The molecule has 0 atom stereocenters. The first-order valence-corrected chi connectivity index (χ1v) is 11.6. The van der Waals surface area contributed by atoms with E-state index < -0.39 is 0 Å². The molecular formula is C21H21FN6S2. The molecule has 4 heterocycles. The van der Waals surface area contributed by atoms with Crippen LogP contribution in [0.3, 0.4) is 0 Å². The van der Waals surface area contributed by atoms with Gasteiger partial charge in [-0.05, 0) is 74.9 Å². The smallest absolute Gasteiger partial charge is 0.202 e. The maximum absolute atomic E-state index is 13.6. The molecule has 9 heteroatoms. The molecule has 6 nitrogen and oxygen atoms in total. The normalized spacial score (nSPS) is 15.1. The second-order valence-corrected chi connectivity index (χ2v) is 9.59. The molecule has 0 radical (unpaired) electrons. The largest absolute Gasteiger partial charge is 0.296 e. The number of fused-ring (bicyclic) bond motifs is 1. The Hall–Kier alpha value is -2.36. The van der Waals surface area contributed by atoms with E-state index in [0.717, 1.165) is 51.5 Å². The highest BCUT2D eigenvalue weighted by Gasteiger charge is 2.20. The fourth-order valence-electron chi connectivity index (χ4n) is 3.76. The number of rotatable bonds is 5. The second-order valence-electron chi connectivity index (χ2n) is 7.40. The number of nitrogens with zero attached hydrogens (tertiary/aromatic N) is 6. The number of hydrogen-bond acceptors (Lipinski definition) is 7. The minimum absolute atomic E-state index is 0.259. The molecule has 0 bridgehead atoms. The summed E-state index contributed by atoms with van der Waals surface area (Å²) in [7, 11) is 0. The summed E-state index contributed by atoms with van der Waals surface area (Å²) in [5.74, 6) is 0.600. The number of thiophene rings is 1. The third-order valence-electron chi connectivity index (χ3n) is 5.20. The van der Waals surface area contributed by atoms with Crippen LogP contribution in [0.1, 0.15) is 30.0 Å². The van der Waals surface area contributed by atoms with Crippen molar-refractivity contribution in [1.82, 2.24) is 29.6 Å². The lowest BCUT2D eigenvalue weighted by atomic mass is 10.1. The molecule has 1 aromatic carbocycles. The van der Waals surface area contributed by atoms with Crippen LogP contribution in [-0.4, -0.2) is 42.7 Å². The van der Waals surface area contributed by atoms with Crippen molar-refractivity contribution in [2.45, 2.75) is 42.9 Å². The number of likely N-dealkylation sites (tertiary alicyclic amines) is 1. The molecule has 1 saturated heterocycles. The van der Waals surface area contributed by atoms with Crippen LogP contribution >= 0.6 is 23.1 Å². The van der Waals surface area contributed by atoms with Crippen molar-refractivity contribution in [3.63, 3.8) is 0 Å². The van der Waals surface area contributed by atoms with Crippen LogP contribution in [0.2, 0.25) is 0 Å². The first-order chi connectivity index (χ1) is 14.7. The van der Waals surface area contributed by atoms with E-state index in [1.165, 1.54) is 48.0 Å². The third kappa shape index (κ3) is 3.97. The molecule has 3 aromatic heterocycles. The number of halogens is 1. The summed E-state index contributed by atoms with van der Waals surface area (Å²) in [4.78, 5) is 13.4. The van der Waals surface area contributed by atoms with Crippen molar-refractivity contribution in [2.24, 2.45) is 0 Å². The molecule has 1 aliphatic rings. The quantitative estimate of drug-likeness (QED) is 0.413. The maximum atomic E-state index is 13.6. The first-order valence-electron chi connectivity index (χ1n) is 9.99. The summed E-state index contributed by atoms with van der Waals surface area (Å²) in [6.07, 6.45) is 5.30. The first kappa shape index (κ1) is 19.6. The van der Waals surface area contributed by atoms with Gasteiger partial charge in [-0.2, -0.15) is 0 Å². The van der Waals surface area contributed by atoms with Gasteiger partial charge in [0, 0.05) is 16.0 Å². The van der Waals surface area contributed by atoms with E-state index in [2.05, 4.69) is 38.1 Å². The zero-order valence-electron chi connectivity index (χ0n) is 16.6. The second kappa shape index (κ2) is 8.41. The third-order valence-corrected chi connectivity index (χ3v) is 7.13. The average molecular weight is 441 g/mol. The van der Waals surface area contributed by atoms with Gasteiger partial charge in [0.15, 0.2) is 5.82 Å². The zero-order chi connectivity index (χ0) is 20.5. The van der Waals surface area contributed by atoms with E-state index in [4.69, 9.17) is 0 Å². The van der Waals surface area contributed by atoms with Gasteiger partial charge in [0.05, 0.1) is 6.54 Å². The summed E-state index contributed by atoms with van der Waals surface area (Å²) < 4.78 is 15.6. The summed E-state index contributed by atoms with van der Waals surface area (Å²) in [6, 6.07) is 8.59. The minimum Gasteiger partial charge on any atom is -0.296 e. The van der Waals surface area contributed by atoms with Crippen molar-refractivity contribution in [1.29, 1.82) is 0 Å². The van der Waals surface area contributed by atoms with Crippen LogP contribution in [0.5, 0.6) is 0 Å². The van der Waals surface area contributed by atoms with Crippen LogP contribution in [0.4, 0.5) is 4.39 Å². The van der Waals surface area contributed by atoms with Gasteiger partial charge in [-0.3, -0.25) is 9.47 Å². The lowest BCUT2D eigenvalue weighted by Gasteiger charge is -2.26. The zero-order valence-corrected chi connectivity index (χ0v) is 18.2. The fourth-order valence-corrected chi connectivity index (χ4v) is 5.59. The highest BCUT2D eigenvalue weighted by atomic mass is 32.2. The molecule has 0 amide bonds. The van der Waals surface area contributed by atoms with Gasteiger partial charge in [-0.25, -0.2) is 14.4 Å². The standard InChI is InChI=1S/C21H21FN6S2/c1-14-11-17-19(29-14)23-13-24-20(17)30-21-26-25-18(12-27-9-3-2-4-10-27)28(21)16-7-5-15(22)6-8-16/h5-8,11,13H,2-4,9-10,12H2,1H3. The Kier molecular flexibility index (Phi) is 5.49. The molecular weight excluding hydrogens is 419 g/mol. The summed E-state index contributed by atoms with van der Waals surface area (Å²) in [5, 5.41) is 11.6. The molecule has 1 fully saturated rings. The Morgan fingerprint density at radius 1 is 1.07 bits per heavy atom. The summed E-state index contributed by atoms with van der Waals surface area (Å²) >= 11 is 3.12. The van der Waals surface area contributed by atoms with Gasteiger partial charge < -0.3 is 0 Å². The predicted molar refractivity (Wildman–Crippen MR) is 117 cm³/mol. The number of aryl methyl sites for hydroxylation is 1. The van der Waals surface area contributed by atoms with Gasteiger partial charge in [-0.1, -0.05) is 6.42 Å². The molecule has 0 aliphatic carbocycles. The maximum Gasteiger partial charge on any atom is 0.202 e. The predicted octanol–water partition coefficient (Wildman–Crippen LogP) is 4.86. The Bertz CT molecular complexity index is 1160. The molecule has 154 valence electrons. The van der Waals surface area contributed by atoms with E-state index in [-0.39, 0.29) is 5.82 Å². The van der Waals surface area contributed by atoms with Crippen LogP contribution in [0.25, 0.3) is 15.9 Å². The summed E-state index contributed by atoms with van der Waals surface area (Å²) in [6.45, 7) is 4.93. The average Bonchev–Trinajstić information content (AvgIpc) is 3.33. The molecule has 0 unspecified atom stereocenters. The van der Waals surface area contributed by atoms with Crippen molar-refractivity contribution in [2.75, 3.05) is 13.1 Å². The lowest BCUT2D eigenvalue weighted by molar-refractivity contribution is 0.214. The number of aromatic nitrogens is 5.